The van der Waals surface area contributed by atoms with Crippen molar-refractivity contribution in [2.24, 2.45) is 5.73 Å². The number of rotatable bonds is 3. The number of benzene rings is 1. The zero-order valence-corrected chi connectivity index (χ0v) is 7.43. The Morgan fingerprint density at radius 2 is 1.47 bits per heavy atom. The van der Waals surface area contributed by atoms with Crippen LogP contribution in [0.1, 0.15) is 5.56 Å². The van der Waals surface area contributed by atoms with Gasteiger partial charge in [0, 0.05) is 5.56 Å². The first-order valence-corrected chi connectivity index (χ1v) is 4.00. The zero-order chi connectivity index (χ0) is 11.7. The van der Waals surface area contributed by atoms with Crippen molar-refractivity contribution in [1.29, 1.82) is 0 Å². The smallest absolute Gasteiger partial charge is 0.269 e. The van der Waals surface area contributed by atoms with Crippen LogP contribution in [0.3, 0.4) is 0 Å². The van der Waals surface area contributed by atoms with Gasteiger partial charge in [-0.2, -0.15) is 17.6 Å². The van der Waals surface area contributed by atoms with E-state index < -0.39 is 23.7 Å². The molecule has 0 bridgehead atoms. The van der Waals surface area contributed by atoms with E-state index in [1.54, 1.807) is 0 Å². The van der Waals surface area contributed by atoms with E-state index in [1.807, 2.05) is 0 Å². The molecule has 2 N–H and O–H groups in total. The first kappa shape index (κ1) is 11.9. The number of hydrogen-bond acceptors (Lipinski definition) is 1. The van der Waals surface area contributed by atoms with Crippen molar-refractivity contribution >= 4 is 0 Å². The van der Waals surface area contributed by atoms with Gasteiger partial charge in [0.05, 0.1) is 0 Å². The maximum absolute atomic E-state index is 13.1. The average Bonchev–Trinajstić information content (AvgIpc) is 2.16. The molecule has 1 atom stereocenters. The molecule has 0 saturated heterocycles. The molecule has 1 aromatic rings. The van der Waals surface area contributed by atoms with Gasteiger partial charge in [0.1, 0.15) is 0 Å². The maximum Gasteiger partial charge on any atom is 0.337 e. The van der Waals surface area contributed by atoms with Crippen LogP contribution in [0.15, 0.2) is 30.3 Å². The van der Waals surface area contributed by atoms with Gasteiger partial charge in [-0.1, -0.05) is 30.3 Å². The van der Waals surface area contributed by atoms with Crippen molar-refractivity contribution in [2.45, 2.75) is 18.1 Å². The van der Waals surface area contributed by atoms with E-state index >= 15 is 0 Å². The van der Waals surface area contributed by atoms with Gasteiger partial charge in [-0.05, 0) is 0 Å². The predicted molar refractivity (Wildman–Crippen MR) is 44.4 cm³/mol. The highest BCUT2D eigenvalue weighted by molar-refractivity contribution is 5.22. The fourth-order valence-corrected chi connectivity index (χ4v) is 1.05. The van der Waals surface area contributed by atoms with E-state index in [2.05, 4.69) is 5.73 Å². The lowest BCUT2D eigenvalue weighted by atomic mass is 10.0. The van der Waals surface area contributed by atoms with Crippen molar-refractivity contribution in [2.75, 3.05) is 0 Å². The minimum Gasteiger partial charge on any atom is -0.269 e. The summed E-state index contributed by atoms with van der Waals surface area (Å²) in [6, 6.07) is 0.957. The molecule has 0 radical (unpaired) electrons. The Labute approximate surface area is 82.7 Å². The molecule has 0 spiro atoms. The molecule has 1 nitrogen and oxygen atoms in total. The van der Waals surface area contributed by atoms with Gasteiger partial charge in [-0.25, -0.2) is 4.39 Å². The Bertz CT molecular complexity index is 319. The Morgan fingerprint density at radius 3 is 1.87 bits per heavy atom. The van der Waals surface area contributed by atoms with Crippen molar-refractivity contribution in [3.8, 4) is 0 Å². The van der Waals surface area contributed by atoms with E-state index in [9.17, 15) is 22.0 Å². The molecule has 1 aromatic carbocycles. The molecule has 15 heavy (non-hydrogen) atoms. The second-order valence-electron chi connectivity index (χ2n) is 3.03. The predicted octanol–water partition coefficient (Wildman–Crippen LogP) is 2.67. The van der Waals surface area contributed by atoms with Crippen LogP contribution in [0, 0.1) is 0 Å². The fraction of sp³-hybridized carbons (Fsp3) is 0.333. The van der Waals surface area contributed by atoms with Gasteiger partial charge in [-0.15, -0.1) is 0 Å². The summed E-state index contributed by atoms with van der Waals surface area (Å²) < 4.78 is 63.4. The molecule has 0 heterocycles. The number of halogens is 5. The summed E-state index contributed by atoms with van der Waals surface area (Å²) in [4.78, 5) is 0. The normalized spacial score (nSPS) is 15.1. The van der Waals surface area contributed by atoms with Crippen LogP contribution in [0.2, 0.25) is 0 Å². The fourth-order valence-electron chi connectivity index (χ4n) is 1.05. The van der Waals surface area contributed by atoms with E-state index in [0.29, 0.717) is 0 Å². The van der Waals surface area contributed by atoms with Crippen LogP contribution in [0.5, 0.6) is 0 Å². The van der Waals surface area contributed by atoms with Gasteiger partial charge >= 0.3 is 12.0 Å². The molecular formula is C9H8F5N. The van der Waals surface area contributed by atoms with Crippen LogP contribution < -0.4 is 5.73 Å². The Hall–Kier alpha value is -1.17. The van der Waals surface area contributed by atoms with Crippen molar-refractivity contribution in [1.82, 2.24) is 0 Å². The molecule has 0 amide bonds. The van der Waals surface area contributed by atoms with Crippen molar-refractivity contribution in [3.05, 3.63) is 35.9 Å². The topological polar surface area (TPSA) is 26.0 Å². The maximum atomic E-state index is 13.1. The van der Waals surface area contributed by atoms with E-state index in [-0.39, 0.29) is 0 Å². The lowest BCUT2D eigenvalue weighted by Gasteiger charge is -2.24. The highest BCUT2D eigenvalue weighted by atomic mass is 19.3. The third kappa shape index (κ3) is 2.44. The molecule has 0 fully saturated rings. The van der Waals surface area contributed by atoms with Crippen LogP contribution in [-0.2, 0) is 5.92 Å². The second-order valence-corrected chi connectivity index (χ2v) is 3.03. The van der Waals surface area contributed by atoms with Gasteiger partial charge in [0.15, 0.2) is 0 Å². The third-order valence-corrected chi connectivity index (χ3v) is 1.81. The van der Waals surface area contributed by atoms with Crippen LogP contribution in [-0.4, -0.2) is 12.2 Å². The molecule has 0 aliphatic carbocycles. The first-order chi connectivity index (χ1) is 6.76. The molecule has 1 rings (SSSR count). The highest BCUT2D eigenvalue weighted by Gasteiger charge is 2.54. The number of hydrogen-bond donors (Lipinski definition) is 1. The molecular weight excluding hydrogens is 217 g/mol. The molecule has 84 valence electrons. The zero-order valence-electron chi connectivity index (χ0n) is 7.43. The van der Waals surface area contributed by atoms with Gasteiger partial charge in [0.25, 0.3) is 0 Å². The third-order valence-electron chi connectivity index (χ3n) is 1.81. The number of nitrogens with two attached hydrogens (primary N) is 1. The molecule has 6 heteroatoms. The summed E-state index contributed by atoms with van der Waals surface area (Å²) in [5.41, 5.74) is 3.18. The SMILES string of the molecule is NC(F)(F)C(F)C(F)(F)c1ccccc1. The summed E-state index contributed by atoms with van der Waals surface area (Å²) in [6.45, 7) is 0. The van der Waals surface area contributed by atoms with E-state index in [4.69, 9.17) is 0 Å². The minimum atomic E-state index is -4.57. The Morgan fingerprint density at radius 1 is 1.00 bits per heavy atom. The molecule has 0 aliphatic rings. The number of alkyl halides is 5. The summed E-state index contributed by atoms with van der Waals surface area (Å²) in [6.07, 6.45) is -3.74. The average molecular weight is 225 g/mol. The summed E-state index contributed by atoms with van der Waals surface area (Å²) in [5.74, 6) is -4.31. The second kappa shape index (κ2) is 3.77. The summed E-state index contributed by atoms with van der Waals surface area (Å²) >= 11 is 0. The molecule has 0 aliphatic heterocycles. The lowest BCUT2D eigenvalue weighted by Crippen LogP contribution is -2.48. The van der Waals surface area contributed by atoms with Crippen LogP contribution >= 0.6 is 0 Å². The van der Waals surface area contributed by atoms with Crippen LogP contribution in [0.4, 0.5) is 22.0 Å². The lowest BCUT2D eigenvalue weighted by molar-refractivity contribution is -0.183. The molecule has 0 aromatic heterocycles. The Balaban J connectivity index is 3.03. The Kier molecular flexibility index (Phi) is 2.99. The quantitative estimate of drug-likeness (QED) is 0.621. The monoisotopic (exact) mass is 225 g/mol. The first-order valence-electron chi connectivity index (χ1n) is 4.00. The highest BCUT2D eigenvalue weighted by Crippen LogP contribution is 2.38. The summed E-state index contributed by atoms with van der Waals surface area (Å²) in [5, 5.41) is 0. The van der Waals surface area contributed by atoms with Crippen LogP contribution in [0.25, 0.3) is 0 Å². The van der Waals surface area contributed by atoms with E-state index in [0.717, 1.165) is 12.1 Å². The van der Waals surface area contributed by atoms with Crippen molar-refractivity contribution < 1.29 is 22.0 Å². The largest absolute Gasteiger partial charge is 0.337 e. The van der Waals surface area contributed by atoms with Gasteiger partial charge in [-0.3, -0.25) is 5.73 Å². The standard InChI is InChI=1S/C9H8F5N/c10-7(9(13,14)15)8(11,12)6-4-2-1-3-5-6/h1-5,7H,15H2. The molecule has 0 saturated carbocycles. The van der Waals surface area contributed by atoms with Gasteiger partial charge < -0.3 is 0 Å². The summed E-state index contributed by atoms with van der Waals surface area (Å²) in [7, 11) is 0. The molecule has 1 unspecified atom stereocenters. The van der Waals surface area contributed by atoms with E-state index in [1.165, 1.54) is 18.2 Å². The van der Waals surface area contributed by atoms with Gasteiger partial charge in [0.2, 0.25) is 6.17 Å². The minimum absolute atomic E-state index is 0.831. The van der Waals surface area contributed by atoms with Crippen molar-refractivity contribution in [3.63, 3.8) is 0 Å².